The van der Waals surface area contributed by atoms with E-state index in [1.54, 1.807) is 22.5 Å². The molecule has 1 aliphatic rings. The lowest BCUT2D eigenvalue weighted by molar-refractivity contribution is -0.364. The molecule has 25 heavy (non-hydrogen) atoms. The second-order valence-electron chi connectivity index (χ2n) is 5.64. The van der Waals surface area contributed by atoms with Gasteiger partial charge in [0.2, 0.25) is 0 Å². The average Bonchev–Trinajstić information content (AvgIpc) is 3.34. The fourth-order valence-corrected chi connectivity index (χ4v) is 5.66. The number of hydrogen-bond donors (Lipinski definition) is 0. The van der Waals surface area contributed by atoms with Crippen molar-refractivity contribution in [3.8, 4) is 10.6 Å². The molecule has 4 rings (SSSR count). The third kappa shape index (κ3) is 3.17. The van der Waals surface area contributed by atoms with Crippen molar-refractivity contribution in [1.29, 1.82) is 0 Å². The van der Waals surface area contributed by atoms with E-state index >= 15 is 0 Å². The molecule has 9 heteroatoms. The summed E-state index contributed by atoms with van der Waals surface area (Å²) in [7, 11) is -3.48. The molecule has 1 saturated heterocycles. The first-order chi connectivity index (χ1) is 12.1. The molecule has 1 aliphatic heterocycles. The van der Waals surface area contributed by atoms with Crippen LogP contribution in [0.2, 0.25) is 0 Å². The van der Waals surface area contributed by atoms with Gasteiger partial charge in [0.25, 0.3) is 15.8 Å². The lowest BCUT2D eigenvalue weighted by Gasteiger charge is -2.29. The van der Waals surface area contributed by atoms with Crippen LogP contribution in [0.4, 0.5) is 5.82 Å². The molecule has 0 aromatic carbocycles. The summed E-state index contributed by atoms with van der Waals surface area (Å²) in [5, 5.41) is 3.85. The number of H-pyrrole nitrogens is 1. The Hall–Kier alpha value is -2.23. The molecule has 3 aromatic rings. The summed E-state index contributed by atoms with van der Waals surface area (Å²) < 4.78 is 32.5. The van der Waals surface area contributed by atoms with E-state index in [1.165, 1.54) is 17.6 Å². The van der Waals surface area contributed by atoms with Gasteiger partial charge in [-0.15, -0.1) is 11.3 Å². The number of pyridine rings is 1. The molecule has 0 unspecified atom stereocenters. The number of thiophene rings is 1. The summed E-state index contributed by atoms with van der Waals surface area (Å²) in [4.78, 5) is 6.12. The predicted octanol–water partition coefficient (Wildman–Crippen LogP) is 1.73. The van der Waals surface area contributed by atoms with Crippen LogP contribution in [0.5, 0.6) is 0 Å². The van der Waals surface area contributed by atoms with Gasteiger partial charge < -0.3 is 4.52 Å². The van der Waals surface area contributed by atoms with E-state index in [1.807, 2.05) is 24.4 Å². The largest absolute Gasteiger partial charge is 0.364 e. The molecule has 1 fully saturated rings. The lowest BCUT2D eigenvalue weighted by atomic mass is 10.3. The molecule has 3 aromatic heterocycles. The fraction of sp³-hybridized carbons (Fsp3) is 0.250. The number of aromatic nitrogens is 2. The first-order valence-electron chi connectivity index (χ1n) is 7.87. The average molecular weight is 377 g/mol. The molecule has 0 amide bonds. The van der Waals surface area contributed by atoms with Crippen molar-refractivity contribution >= 4 is 27.2 Å². The van der Waals surface area contributed by atoms with Crippen LogP contribution in [-0.2, 0) is 10.0 Å². The Labute approximate surface area is 149 Å². The van der Waals surface area contributed by atoms with E-state index in [-0.39, 0.29) is 0 Å². The van der Waals surface area contributed by atoms with Crippen LogP contribution in [0, 0.1) is 0 Å². The molecule has 0 spiro atoms. The molecule has 0 radical (unpaired) electrons. The summed E-state index contributed by atoms with van der Waals surface area (Å²) in [6, 6.07) is 11.0. The Morgan fingerprint density at radius 2 is 1.92 bits per heavy atom. The third-order valence-electron chi connectivity index (χ3n) is 4.14. The van der Waals surface area contributed by atoms with Gasteiger partial charge in [0.15, 0.2) is 0 Å². The molecule has 7 nitrogen and oxygen atoms in total. The van der Waals surface area contributed by atoms with E-state index in [0.717, 1.165) is 10.7 Å². The number of aromatic amines is 1. The third-order valence-corrected chi connectivity index (χ3v) is 7.61. The zero-order valence-corrected chi connectivity index (χ0v) is 15.0. The summed E-state index contributed by atoms with van der Waals surface area (Å²) in [6.45, 7) is 2.23. The van der Waals surface area contributed by atoms with Gasteiger partial charge in [-0.2, -0.15) is 4.31 Å². The van der Waals surface area contributed by atoms with Crippen molar-refractivity contribution in [2.45, 2.75) is 4.21 Å². The first-order valence-corrected chi connectivity index (χ1v) is 10.1. The van der Waals surface area contributed by atoms with Gasteiger partial charge in [0.1, 0.15) is 16.2 Å². The zero-order chi connectivity index (χ0) is 17.3. The van der Waals surface area contributed by atoms with E-state index in [0.29, 0.717) is 36.1 Å². The number of nitrogens with one attached hydrogen (secondary N) is 1. The van der Waals surface area contributed by atoms with Crippen LogP contribution in [0.1, 0.15) is 0 Å². The van der Waals surface area contributed by atoms with Gasteiger partial charge in [0, 0.05) is 12.1 Å². The monoisotopic (exact) mass is 377 g/mol. The quantitative estimate of drug-likeness (QED) is 0.692. The zero-order valence-electron chi connectivity index (χ0n) is 13.3. The second-order valence-corrected chi connectivity index (χ2v) is 8.89. The van der Waals surface area contributed by atoms with Crippen LogP contribution in [0.3, 0.4) is 0 Å². The lowest BCUT2D eigenvalue weighted by Crippen LogP contribution is -2.49. The Kier molecular flexibility index (Phi) is 4.28. The predicted molar refractivity (Wildman–Crippen MR) is 93.8 cm³/mol. The van der Waals surface area contributed by atoms with Gasteiger partial charge in [0.05, 0.1) is 37.3 Å². The first kappa shape index (κ1) is 16.2. The SMILES string of the molecule is O=S(=O)(c1ccc(-c2ccon2)s1)N1CCN(c2cccc[nH+]2)CC1. The van der Waals surface area contributed by atoms with Crippen molar-refractivity contribution < 1.29 is 17.9 Å². The maximum absolute atomic E-state index is 12.9. The van der Waals surface area contributed by atoms with Gasteiger partial charge in [-0.1, -0.05) is 11.2 Å². The number of piperazine rings is 1. The van der Waals surface area contributed by atoms with E-state index in [4.69, 9.17) is 4.52 Å². The molecular weight excluding hydrogens is 360 g/mol. The summed E-state index contributed by atoms with van der Waals surface area (Å²) in [6.07, 6.45) is 3.35. The summed E-state index contributed by atoms with van der Waals surface area (Å²) in [5.74, 6) is 1.00. The number of nitrogens with zero attached hydrogens (tertiary/aromatic N) is 3. The normalized spacial score (nSPS) is 16.2. The minimum absolute atomic E-state index is 0.338. The molecular formula is C16H17N4O3S2+. The van der Waals surface area contributed by atoms with Crippen LogP contribution in [-0.4, -0.2) is 44.1 Å². The highest BCUT2D eigenvalue weighted by molar-refractivity contribution is 7.91. The molecule has 0 aliphatic carbocycles. The van der Waals surface area contributed by atoms with Crippen molar-refractivity contribution in [1.82, 2.24) is 9.46 Å². The van der Waals surface area contributed by atoms with E-state index < -0.39 is 10.0 Å². The summed E-state index contributed by atoms with van der Waals surface area (Å²) in [5.41, 5.74) is 0.649. The van der Waals surface area contributed by atoms with Crippen molar-refractivity contribution in [3.05, 3.63) is 48.9 Å². The molecule has 4 heterocycles. The van der Waals surface area contributed by atoms with Gasteiger partial charge in [-0.05, 0) is 18.2 Å². The van der Waals surface area contributed by atoms with Gasteiger partial charge in [-0.3, -0.25) is 4.90 Å². The standard InChI is InChI=1S/C16H16N4O3S2/c21-25(22,16-5-4-14(24-16)13-6-12-23-18-13)20-10-8-19(9-11-20)15-3-1-2-7-17-15/h1-7,12H,8-11H2/p+1. The molecule has 1 N–H and O–H groups in total. The minimum Gasteiger partial charge on any atom is -0.364 e. The highest BCUT2D eigenvalue weighted by atomic mass is 32.2. The Bertz CT molecular complexity index is 931. The topological polar surface area (TPSA) is 80.8 Å². The van der Waals surface area contributed by atoms with Crippen molar-refractivity contribution in [2.75, 3.05) is 31.1 Å². The highest BCUT2D eigenvalue weighted by Gasteiger charge is 2.32. The van der Waals surface area contributed by atoms with Crippen LogP contribution < -0.4 is 9.88 Å². The van der Waals surface area contributed by atoms with Crippen molar-refractivity contribution in [2.24, 2.45) is 0 Å². The minimum atomic E-state index is -3.48. The van der Waals surface area contributed by atoms with E-state index in [9.17, 15) is 8.42 Å². The smallest absolute Gasteiger partial charge is 0.274 e. The number of rotatable bonds is 4. The van der Waals surface area contributed by atoms with Gasteiger partial charge >= 0.3 is 0 Å². The highest BCUT2D eigenvalue weighted by Crippen LogP contribution is 2.31. The maximum atomic E-state index is 12.9. The maximum Gasteiger partial charge on any atom is 0.274 e. The summed E-state index contributed by atoms with van der Waals surface area (Å²) >= 11 is 1.22. The number of hydrogen-bond acceptors (Lipinski definition) is 6. The second kappa shape index (κ2) is 6.58. The van der Waals surface area contributed by atoms with Crippen LogP contribution in [0.15, 0.2) is 57.6 Å². The molecule has 0 bridgehead atoms. The Balaban J connectivity index is 1.49. The Morgan fingerprint density at radius 1 is 1.08 bits per heavy atom. The molecule has 130 valence electrons. The molecule has 0 atom stereocenters. The van der Waals surface area contributed by atoms with E-state index in [2.05, 4.69) is 15.0 Å². The van der Waals surface area contributed by atoms with Crippen molar-refractivity contribution in [3.63, 3.8) is 0 Å². The number of sulfonamides is 1. The Morgan fingerprint density at radius 3 is 2.60 bits per heavy atom. The fourth-order valence-electron chi connectivity index (χ4n) is 2.81. The van der Waals surface area contributed by atoms with Gasteiger partial charge in [-0.25, -0.2) is 13.4 Å². The number of anilines is 1. The van der Waals surface area contributed by atoms with Crippen LogP contribution >= 0.6 is 11.3 Å². The molecule has 0 saturated carbocycles. The van der Waals surface area contributed by atoms with Crippen LogP contribution in [0.25, 0.3) is 10.6 Å².